The number of rotatable bonds is 11. The molecule has 90 valence electrons. The molecular formula is C12H25NO2. The van der Waals surface area contributed by atoms with Crippen LogP contribution >= 0.6 is 0 Å². The zero-order valence-corrected chi connectivity index (χ0v) is 9.87. The second kappa shape index (κ2) is 11.7. The van der Waals surface area contributed by atoms with E-state index in [2.05, 4.69) is 12.2 Å². The fraction of sp³-hybridized carbons (Fsp3) is 0.917. The predicted octanol–water partition coefficient (Wildman–Crippen LogP) is 1.89. The highest BCUT2D eigenvalue weighted by atomic mass is 16.2. The van der Waals surface area contributed by atoms with Crippen LogP contribution in [-0.4, -0.2) is 30.6 Å². The molecule has 1 atom stereocenters. The van der Waals surface area contributed by atoms with Crippen LogP contribution in [0.5, 0.6) is 0 Å². The minimum absolute atomic E-state index is 0.0156. The molecule has 0 spiro atoms. The van der Waals surface area contributed by atoms with E-state index in [0.717, 1.165) is 38.5 Å². The van der Waals surface area contributed by atoms with Crippen molar-refractivity contribution in [2.45, 2.75) is 57.9 Å². The molecule has 0 fully saturated rings. The zero-order valence-electron chi connectivity index (χ0n) is 9.87. The summed E-state index contributed by atoms with van der Waals surface area (Å²) in [6.45, 7) is 3.35. The van der Waals surface area contributed by atoms with Crippen molar-refractivity contribution in [3.63, 3.8) is 0 Å². The topological polar surface area (TPSA) is 49.3 Å². The Bertz CT molecular complexity index is 140. The Kier molecular flexibility index (Phi) is 11.3. The number of aliphatic hydroxyl groups excluding tert-OH is 1. The fourth-order valence-corrected chi connectivity index (χ4v) is 1.53. The van der Waals surface area contributed by atoms with Crippen molar-refractivity contribution < 1.29 is 9.90 Å². The van der Waals surface area contributed by atoms with Gasteiger partial charge in [-0.25, -0.2) is 0 Å². The standard InChI is InChI=1S/C12H25NO2/c1-2-3-4-6-9-13-12(11-15)8-5-7-10-14/h11-14H,2-10H2,1H3. The highest BCUT2D eigenvalue weighted by molar-refractivity contribution is 5.57. The first kappa shape index (κ1) is 14.6. The van der Waals surface area contributed by atoms with Crippen LogP contribution in [0.4, 0.5) is 0 Å². The first-order valence-electron chi connectivity index (χ1n) is 6.14. The molecule has 0 amide bonds. The molecule has 1 unspecified atom stereocenters. The molecule has 0 bridgehead atoms. The lowest BCUT2D eigenvalue weighted by Crippen LogP contribution is -2.31. The molecule has 0 saturated carbocycles. The summed E-state index contributed by atoms with van der Waals surface area (Å²) in [5.74, 6) is 0. The van der Waals surface area contributed by atoms with Gasteiger partial charge in [-0.1, -0.05) is 26.2 Å². The van der Waals surface area contributed by atoms with Crippen molar-refractivity contribution in [1.29, 1.82) is 0 Å². The summed E-state index contributed by atoms with van der Waals surface area (Å²) >= 11 is 0. The number of carbonyl (C=O) groups is 1. The van der Waals surface area contributed by atoms with E-state index in [4.69, 9.17) is 5.11 Å². The Balaban J connectivity index is 3.32. The highest BCUT2D eigenvalue weighted by Crippen LogP contribution is 2.00. The number of hydrogen-bond acceptors (Lipinski definition) is 3. The first-order chi connectivity index (χ1) is 7.35. The maximum Gasteiger partial charge on any atom is 0.136 e. The van der Waals surface area contributed by atoms with Gasteiger partial charge in [0.1, 0.15) is 6.29 Å². The summed E-state index contributed by atoms with van der Waals surface area (Å²) in [5.41, 5.74) is 0. The number of hydrogen-bond donors (Lipinski definition) is 2. The molecule has 0 rings (SSSR count). The smallest absolute Gasteiger partial charge is 0.136 e. The third kappa shape index (κ3) is 9.88. The second-order valence-electron chi connectivity index (χ2n) is 3.98. The monoisotopic (exact) mass is 215 g/mol. The Labute approximate surface area is 93.3 Å². The van der Waals surface area contributed by atoms with E-state index in [1.165, 1.54) is 19.3 Å². The molecular weight excluding hydrogens is 190 g/mol. The van der Waals surface area contributed by atoms with Crippen LogP contribution in [0.2, 0.25) is 0 Å². The van der Waals surface area contributed by atoms with Crippen LogP contribution in [0.25, 0.3) is 0 Å². The van der Waals surface area contributed by atoms with Crippen molar-refractivity contribution in [1.82, 2.24) is 5.32 Å². The van der Waals surface area contributed by atoms with E-state index in [9.17, 15) is 4.79 Å². The van der Waals surface area contributed by atoms with Crippen molar-refractivity contribution in [3.05, 3.63) is 0 Å². The second-order valence-corrected chi connectivity index (χ2v) is 3.98. The average molecular weight is 215 g/mol. The maximum atomic E-state index is 10.7. The molecule has 3 nitrogen and oxygen atoms in total. The highest BCUT2D eigenvalue weighted by Gasteiger charge is 2.04. The minimum Gasteiger partial charge on any atom is -0.396 e. The number of aldehydes is 1. The normalized spacial score (nSPS) is 12.7. The molecule has 0 radical (unpaired) electrons. The van der Waals surface area contributed by atoms with Gasteiger partial charge < -0.3 is 15.2 Å². The van der Waals surface area contributed by atoms with Crippen LogP contribution in [-0.2, 0) is 4.79 Å². The Hall–Kier alpha value is -0.410. The van der Waals surface area contributed by atoms with Gasteiger partial charge in [-0.05, 0) is 32.2 Å². The van der Waals surface area contributed by atoms with Crippen LogP contribution in [0, 0.1) is 0 Å². The number of nitrogens with one attached hydrogen (secondary N) is 1. The first-order valence-corrected chi connectivity index (χ1v) is 6.14. The molecule has 2 N–H and O–H groups in total. The van der Waals surface area contributed by atoms with Crippen molar-refractivity contribution >= 4 is 6.29 Å². The number of carbonyl (C=O) groups excluding carboxylic acids is 1. The lowest BCUT2D eigenvalue weighted by molar-refractivity contribution is -0.109. The third-order valence-electron chi connectivity index (χ3n) is 2.52. The summed E-state index contributed by atoms with van der Waals surface area (Å²) in [6, 6.07) is -0.0156. The lowest BCUT2D eigenvalue weighted by atomic mass is 10.1. The van der Waals surface area contributed by atoms with E-state index in [1.807, 2.05) is 0 Å². The fourth-order valence-electron chi connectivity index (χ4n) is 1.53. The SMILES string of the molecule is CCCCCCNC(C=O)CCCCO. The minimum atomic E-state index is -0.0156. The summed E-state index contributed by atoms with van der Waals surface area (Å²) in [6.07, 6.45) is 8.45. The molecule has 0 aromatic rings. The summed E-state index contributed by atoms with van der Waals surface area (Å²) in [4.78, 5) is 10.7. The molecule has 0 aliphatic rings. The summed E-state index contributed by atoms with van der Waals surface area (Å²) < 4.78 is 0. The van der Waals surface area contributed by atoms with Crippen LogP contribution in [0.3, 0.4) is 0 Å². The molecule has 0 heterocycles. The van der Waals surface area contributed by atoms with E-state index in [1.54, 1.807) is 0 Å². The summed E-state index contributed by atoms with van der Waals surface area (Å²) in [7, 11) is 0. The largest absolute Gasteiger partial charge is 0.396 e. The molecule has 0 aliphatic carbocycles. The molecule has 3 heteroatoms. The Morgan fingerprint density at radius 2 is 2.00 bits per heavy atom. The van der Waals surface area contributed by atoms with E-state index < -0.39 is 0 Å². The Morgan fingerprint density at radius 1 is 1.20 bits per heavy atom. The predicted molar refractivity (Wildman–Crippen MR) is 62.9 cm³/mol. The van der Waals surface area contributed by atoms with Crippen molar-refractivity contribution in [3.8, 4) is 0 Å². The van der Waals surface area contributed by atoms with Gasteiger partial charge in [-0.2, -0.15) is 0 Å². The zero-order chi connectivity index (χ0) is 11.4. The summed E-state index contributed by atoms with van der Waals surface area (Å²) in [5, 5.41) is 11.9. The van der Waals surface area contributed by atoms with Crippen molar-refractivity contribution in [2.75, 3.05) is 13.2 Å². The van der Waals surface area contributed by atoms with Crippen LogP contribution in [0.15, 0.2) is 0 Å². The molecule has 0 aliphatic heterocycles. The third-order valence-corrected chi connectivity index (χ3v) is 2.52. The lowest BCUT2D eigenvalue weighted by Gasteiger charge is -2.11. The maximum absolute atomic E-state index is 10.7. The molecule has 15 heavy (non-hydrogen) atoms. The van der Waals surface area contributed by atoms with Gasteiger partial charge in [0.15, 0.2) is 0 Å². The van der Waals surface area contributed by atoms with Crippen LogP contribution in [0.1, 0.15) is 51.9 Å². The molecule has 0 aromatic carbocycles. The van der Waals surface area contributed by atoms with E-state index in [-0.39, 0.29) is 12.6 Å². The van der Waals surface area contributed by atoms with Gasteiger partial charge in [0.2, 0.25) is 0 Å². The molecule has 0 aromatic heterocycles. The van der Waals surface area contributed by atoms with E-state index in [0.29, 0.717) is 0 Å². The quantitative estimate of drug-likeness (QED) is 0.409. The average Bonchev–Trinajstić information content (AvgIpc) is 2.26. The van der Waals surface area contributed by atoms with Gasteiger partial charge in [-0.15, -0.1) is 0 Å². The van der Waals surface area contributed by atoms with Gasteiger partial charge >= 0.3 is 0 Å². The van der Waals surface area contributed by atoms with Crippen molar-refractivity contribution in [2.24, 2.45) is 0 Å². The van der Waals surface area contributed by atoms with Crippen LogP contribution < -0.4 is 5.32 Å². The number of aliphatic hydroxyl groups is 1. The van der Waals surface area contributed by atoms with E-state index >= 15 is 0 Å². The number of unbranched alkanes of at least 4 members (excludes halogenated alkanes) is 4. The Morgan fingerprint density at radius 3 is 2.60 bits per heavy atom. The van der Waals surface area contributed by atoms with Gasteiger partial charge in [0.05, 0.1) is 6.04 Å². The van der Waals surface area contributed by atoms with Gasteiger partial charge in [0.25, 0.3) is 0 Å². The van der Waals surface area contributed by atoms with Gasteiger partial charge in [0, 0.05) is 6.61 Å². The molecule has 0 saturated heterocycles. The van der Waals surface area contributed by atoms with Gasteiger partial charge in [-0.3, -0.25) is 0 Å².